The summed E-state index contributed by atoms with van der Waals surface area (Å²) in [7, 11) is 0.749. The van der Waals surface area contributed by atoms with Gasteiger partial charge in [-0.3, -0.25) is 9.97 Å². The molecule has 7 heteroatoms. The lowest BCUT2D eigenvalue weighted by Gasteiger charge is -2.21. The molecule has 0 saturated carbocycles. The van der Waals surface area contributed by atoms with Crippen molar-refractivity contribution in [1.29, 1.82) is 0 Å². The molecule has 19 heavy (non-hydrogen) atoms. The van der Waals surface area contributed by atoms with Crippen molar-refractivity contribution < 1.29 is 8.42 Å². The molecule has 0 aliphatic carbocycles. The van der Waals surface area contributed by atoms with Gasteiger partial charge < -0.3 is 4.90 Å². The van der Waals surface area contributed by atoms with Gasteiger partial charge in [0, 0.05) is 19.3 Å². The Morgan fingerprint density at radius 3 is 2.79 bits per heavy atom. The minimum atomic E-state index is -3.18. The molecule has 6 nitrogen and oxygen atoms in total. The van der Waals surface area contributed by atoms with Gasteiger partial charge in [0.05, 0.1) is 29.9 Å². The van der Waals surface area contributed by atoms with Crippen LogP contribution in [0, 0.1) is 0 Å². The SMILES string of the molecule is CN(C)Cc1cncc(C2CCCN2S(C)(=O)=O)n1. The number of sulfonamides is 1. The van der Waals surface area contributed by atoms with Gasteiger partial charge in [0.15, 0.2) is 0 Å². The van der Waals surface area contributed by atoms with Gasteiger partial charge in [0.2, 0.25) is 10.0 Å². The highest BCUT2D eigenvalue weighted by molar-refractivity contribution is 7.88. The van der Waals surface area contributed by atoms with Crippen molar-refractivity contribution in [2.45, 2.75) is 25.4 Å². The van der Waals surface area contributed by atoms with Crippen LogP contribution in [0.5, 0.6) is 0 Å². The van der Waals surface area contributed by atoms with Gasteiger partial charge in [-0.05, 0) is 26.9 Å². The fourth-order valence-electron chi connectivity index (χ4n) is 2.42. The van der Waals surface area contributed by atoms with Crippen LogP contribution in [0.3, 0.4) is 0 Å². The third-order valence-electron chi connectivity index (χ3n) is 3.15. The lowest BCUT2D eigenvalue weighted by Crippen LogP contribution is -2.30. The maximum absolute atomic E-state index is 11.7. The molecule has 1 saturated heterocycles. The zero-order chi connectivity index (χ0) is 14.0. The normalized spacial score (nSPS) is 21.2. The average molecular weight is 284 g/mol. The van der Waals surface area contributed by atoms with Gasteiger partial charge in [-0.15, -0.1) is 0 Å². The molecule has 0 spiro atoms. The molecule has 1 fully saturated rings. The number of hydrogen-bond acceptors (Lipinski definition) is 5. The molecule has 1 aliphatic heterocycles. The van der Waals surface area contributed by atoms with E-state index in [1.165, 1.54) is 10.6 Å². The summed E-state index contributed by atoms with van der Waals surface area (Å²) < 4.78 is 25.0. The Hall–Kier alpha value is -1.05. The van der Waals surface area contributed by atoms with Crippen molar-refractivity contribution in [2.75, 3.05) is 26.9 Å². The van der Waals surface area contributed by atoms with Crippen molar-refractivity contribution in [1.82, 2.24) is 19.2 Å². The number of aromatic nitrogens is 2. The summed E-state index contributed by atoms with van der Waals surface area (Å²) in [6, 6.07) is -0.162. The molecule has 1 aliphatic rings. The predicted molar refractivity (Wildman–Crippen MR) is 72.9 cm³/mol. The van der Waals surface area contributed by atoms with Crippen LogP contribution in [0.25, 0.3) is 0 Å². The van der Waals surface area contributed by atoms with E-state index in [9.17, 15) is 8.42 Å². The van der Waals surface area contributed by atoms with Crippen LogP contribution in [-0.4, -0.2) is 54.5 Å². The summed E-state index contributed by atoms with van der Waals surface area (Å²) in [6.07, 6.45) is 6.34. The van der Waals surface area contributed by atoms with Crippen molar-refractivity contribution in [3.05, 3.63) is 23.8 Å². The van der Waals surface area contributed by atoms with Crippen LogP contribution in [0.4, 0.5) is 0 Å². The quantitative estimate of drug-likeness (QED) is 0.811. The maximum Gasteiger partial charge on any atom is 0.211 e. The van der Waals surface area contributed by atoms with Crippen LogP contribution in [0.2, 0.25) is 0 Å². The van der Waals surface area contributed by atoms with Crippen molar-refractivity contribution >= 4 is 10.0 Å². The van der Waals surface area contributed by atoms with E-state index in [1.807, 2.05) is 19.0 Å². The average Bonchev–Trinajstić information content (AvgIpc) is 2.76. The Morgan fingerprint density at radius 1 is 1.42 bits per heavy atom. The zero-order valence-electron chi connectivity index (χ0n) is 11.6. The number of rotatable bonds is 4. The fourth-order valence-corrected chi connectivity index (χ4v) is 3.55. The molecule has 1 unspecified atom stereocenters. The Bertz CT molecular complexity index is 544. The van der Waals surface area contributed by atoms with E-state index in [2.05, 4.69) is 9.97 Å². The van der Waals surface area contributed by atoms with Gasteiger partial charge in [-0.25, -0.2) is 8.42 Å². The van der Waals surface area contributed by atoms with Crippen LogP contribution in [0.15, 0.2) is 12.4 Å². The highest BCUT2D eigenvalue weighted by atomic mass is 32.2. The molecule has 0 radical (unpaired) electrons. The minimum absolute atomic E-state index is 0.162. The van der Waals surface area contributed by atoms with Crippen LogP contribution >= 0.6 is 0 Å². The van der Waals surface area contributed by atoms with Crippen LogP contribution < -0.4 is 0 Å². The Labute approximate surface area is 114 Å². The second-order valence-corrected chi connectivity index (χ2v) is 7.14. The number of nitrogens with zero attached hydrogens (tertiary/aromatic N) is 4. The second-order valence-electron chi connectivity index (χ2n) is 5.20. The largest absolute Gasteiger partial charge is 0.304 e. The Balaban J connectivity index is 2.26. The highest BCUT2D eigenvalue weighted by Gasteiger charge is 2.33. The molecule has 0 N–H and O–H groups in total. The number of hydrogen-bond donors (Lipinski definition) is 0. The summed E-state index contributed by atoms with van der Waals surface area (Å²) in [5.74, 6) is 0. The predicted octanol–water partition coefficient (Wildman–Crippen LogP) is 0.635. The molecule has 2 heterocycles. The Kier molecular flexibility index (Phi) is 4.17. The Morgan fingerprint density at radius 2 is 2.16 bits per heavy atom. The van der Waals surface area contributed by atoms with Crippen molar-refractivity contribution in [2.24, 2.45) is 0 Å². The van der Waals surface area contributed by atoms with Crippen LogP contribution in [0.1, 0.15) is 30.3 Å². The van der Waals surface area contributed by atoms with E-state index >= 15 is 0 Å². The first kappa shape index (κ1) is 14.4. The van der Waals surface area contributed by atoms with E-state index in [0.29, 0.717) is 13.1 Å². The molecular weight excluding hydrogens is 264 g/mol. The molecular formula is C12H20N4O2S. The first-order chi connectivity index (χ1) is 8.88. The summed E-state index contributed by atoms with van der Waals surface area (Å²) in [6.45, 7) is 1.27. The maximum atomic E-state index is 11.7. The standard InChI is InChI=1S/C12H20N4O2S/c1-15(2)9-10-7-13-8-11(14-10)12-5-4-6-16(12)19(3,17)18/h7-8,12H,4-6,9H2,1-3H3. The van der Waals surface area contributed by atoms with Crippen LogP contribution in [-0.2, 0) is 16.6 Å². The summed E-state index contributed by atoms with van der Waals surface area (Å²) in [5.41, 5.74) is 1.62. The summed E-state index contributed by atoms with van der Waals surface area (Å²) >= 11 is 0. The second kappa shape index (κ2) is 5.52. The molecule has 0 bridgehead atoms. The van der Waals surface area contributed by atoms with Gasteiger partial charge in [-0.2, -0.15) is 4.31 Å². The van der Waals surface area contributed by atoms with E-state index in [1.54, 1.807) is 12.4 Å². The molecule has 1 atom stereocenters. The van der Waals surface area contributed by atoms with Gasteiger partial charge in [0.1, 0.15) is 0 Å². The molecule has 0 aromatic carbocycles. The monoisotopic (exact) mass is 284 g/mol. The summed E-state index contributed by atoms with van der Waals surface area (Å²) in [5, 5.41) is 0. The highest BCUT2D eigenvalue weighted by Crippen LogP contribution is 2.32. The molecule has 106 valence electrons. The third kappa shape index (κ3) is 3.49. The van der Waals surface area contributed by atoms with E-state index in [0.717, 1.165) is 24.2 Å². The van der Waals surface area contributed by atoms with Crippen molar-refractivity contribution in [3.63, 3.8) is 0 Å². The lowest BCUT2D eigenvalue weighted by molar-refractivity contribution is 0.380. The van der Waals surface area contributed by atoms with E-state index in [-0.39, 0.29) is 6.04 Å². The van der Waals surface area contributed by atoms with E-state index in [4.69, 9.17) is 0 Å². The summed E-state index contributed by atoms with van der Waals surface area (Å²) in [4.78, 5) is 10.7. The van der Waals surface area contributed by atoms with E-state index < -0.39 is 10.0 Å². The molecule has 2 rings (SSSR count). The fraction of sp³-hybridized carbons (Fsp3) is 0.667. The van der Waals surface area contributed by atoms with Gasteiger partial charge in [-0.1, -0.05) is 0 Å². The topological polar surface area (TPSA) is 66.4 Å². The first-order valence-electron chi connectivity index (χ1n) is 6.30. The first-order valence-corrected chi connectivity index (χ1v) is 8.15. The minimum Gasteiger partial charge on any atom is -0.304 e. The zero-order valence-corrected chi connectivity index (χ0v) is 12.4. The molecule has 0 amide bonds. The molecule has 1 aromatic rings. The smallest absolute Gasteiger partial charge is 0.211 e. The van der Waals surface area contributed by atoms with Gasteiger partial charge >= 0.3 is 0 Å². The third-order valence-corrected chi connectivity index (χ3v) is 4.44. The molecule has 1 aromatic heterocycles. The van der Waals surface area contributed by atoms with Gasteiger partial charge in [0.25, 0.3) is 0 Å². The van der Waals surface area contributed by atoms with Crippen molar-refractivity contribution in [3.8, 4) is 0 Å². The lowest BCUT2D eigenvalue weighted by atomic mass is 10.1.